The van der Waals surface area contributed by atoms with Gasteiger partial charge in [0.15, 0.2) is 5.82 Å². The summed E-state index contributed by atoms with van der Waals surface area (Å²) in [6, 6.07) is 7.81. The van der Waals surface area contributed by atoms with Crippen LogP contribution < -0.4 is 10.6 Å². The van der Waals surface area contributed by atoms with E-state index in [2.05, 4.69) is 32.4 Å². The fourth-order valence-electron chi connectivity index (χ4n) is 1.65. The summed E-state index contributed by atoms with van der Waals surface area (Å²) in [4.78, 5) is 4.29. The van der Waals surface area contributed by atoms with Gasteiger partial charge in [0, 0.05) is 18.1 Å². The predicted molar refractivity (Wildman–Crippen MR) is 82.2 cm³/mol. The van der Waals surface area contributed by atoms with Gasteiger partial charge in [0.1, 0.15) is 0 Å². The molecule has 0 atom stereocenters. The summed E-state index contributed by atoms with van der Waals surface area (Å²) in [6.07, 6.45) is 4.19. The molecule has 0 unspecified atom stereocenters. The van der Waals surface area contributed by atoms with Crippen LogP contribution in [-0.2, 0) is 6.42 Å². The van der Waals surface area contributed by atoms with E-state index in [4.69, 9.17) is 11.6 Å². The quantitative estimate of drug-likeness (QED) is 0.768. The van der Waals surface area contributed by atoms with Crippen molar-refractivity contribution in [3.8, 4) is 0 Å². The maximum Gasteiger partial charge on any atom is 0.244 e. The van der Waals surface area contributed by atoms with E-state index in [1.54, 1.807) is 12.3 Å². The Bertz CT molecular complexity index is 573. The maximum atomic E-state index is 5.94. The average molecular weight is 290 g/mol. The summed E-state index contributed by atoms with van der Waals surface area (Å²) < 4.78 is 0. The number of hydrogen-bond donors (Lipinski definition) is 2. The minimum Gasteiger partial charge on any atom is -0.368 e. The molecule has 0 fully saturated rings. The Kier molecular flexibility index (Phi) is 5.32. The van der Waals surface area contributed by atoms with Gasteiger partial charge >= 0.3 is 0 Å². The summed E-state index contributed by atoms with van der Waals surface area (Å²) in [7, 11) is 0. The lowest BCUT2D eigenvalue weighted by Crippen LogP contribution is -2.10. The fourth-order valence-corrected chi connectivity index (χ4v) is 1.87. The Labute approximate surface area is 123 Å². The van der Waals surface area contributed by atoms with Crippen molar-refractivity contribution in [2.45, 2.75) is 6.42 Å². The van der Waals surface area contributed by atoms with Crippen molar-refractivity contribution < 1.29 is 0 Å². The third-order valence-electron chi connectivity index (χ3n) is 2.57. The third kappa shape index (κ3) is 4.51. The monoisotopic (exact) mass is 289 g/mol. The Hall–Kier alpha value is -2.14. The van der Waals surface area contributed by atoms with Gasteiger partial charge in [-0.15, -0.1) is 11.7 Å². The van der Waals surface area contributed by atoms with Crippen LogP contribution in [-0.4, -0.2) is 28.3 Å². The predicted octanol–water partition coefficient (Wildman–Crippen LogP) is 2.78. The second-order valence-corrected chi connectivity index (χ2v) is 4.58. The summed E-state index contributed by atoms with van der Waals surface area (Å²) >= 11 is 5.94. The largest absolute Gasteiger partial charge is 0.368 e. The van der Waals surface area contributed by atoms with Crippen molar-refractivity contribution in [1.82, 2.24) is 15.2 Å². The highest BCUT2D eigenvalue weighted by Gasteiger charge is 1.99. The molecular formula is C14H16ClN5. The molecule has 6 heteroatoms. The summed E-state index contributed by atoms with van der Waals surface area (Å²) in [5, 5.41) is 14.7. The Morgan fingerprint density at radius 2 is 2.20 bits per heavy atom. The Morgan fingerprint density at radius 1 is 1.30 bits per heavy atom. The molecular weight excluding hydrogens is 274 g/mol. The summed E-state index contributed by atoms with van der Waals surface area (Å²) in [6.45, 7) is 4.98. The maximum absolute atomic E-state index is 5.94. The normalized spacial score (nSPS) is 10.1. The second-order valence-electron chi connectivity index (χ2n) is 4.14. The first-order valence-corrected chi connectivity index (χ1v) is 6.68. The molecule has 1 heterocycles. The van der Waals surface area contributed by atoms with Crippen LogP contribution in [0.5, 0.6) is 0 Å². The lowest BCUT2D eigenvalue weighted by molar-refractivity contribution is 0.941. The first-order chi connectivity index (χ1) is 9.78. The third-order valence-corrected chi connectivity index (χ3v) is 2.81. The standard InChI is InChI=1S/C14H16ClN5/c1-2-7-17-14-19-13(10-18-20-14)16-8-6-11-4-3-5-12(15)9-11/h2-5,9-10H,1,6-8H2,(H2,16,17,19,20). The molecule has 104 valence electrons. The summed E-state index contributed by atoms with van der Waals surface area (Å²) in [5.41, 5.74) is 1.18. The number of anilines is 2. The number of hydrogen-bond acceptors (Lipinski definition) is 5. The van der Waals surface area contributed by atoms with Crippen LogP contribution in [0.1, 0.15) is 5.56 Å². The van der Waals surface area contributed by atoms with Gasteiger partial charge in [-0.2, -0.15) is 10.1 Å². The number of rotatable bonds is 7. The Balaban J connectivity index is 1.86. The first kappa shape index (κ1) is 14.3. The first-order valence-electron chi connectivity index (χ1n) is 6.31. The second kappa shape index (κ2) is 7.45. The fraction of sp³-hybridized carbons (Fsp3) is 0.214. The number of nitrogens with one attached hydrogen (secondary N) is 2. The molecule has 0 aliphatic rings. The number of halogens is 1. The zero-order valence-corrected chi connectivity index (χ0v) is 11.8. The molecule has 0 radical (unpaired) electrons. The van der Waals surface area contributed by atoms with E-state index in [1.165, 1.54) is 5.56 Å². The van der Waals surface area contributed by atoms with E-state index in [0.717, 1.165) is 18.0 Å². The van der Waals surface area contributed by atoms with E-state index in [1.807, 2.05) is 24.3 Å². The Morgan fingerprint density at radius 3 is 3.00 bits per heavy atom. The number of nitrogens with zero attached hydrogens (tertiary/aromatic N) is 3. The van der Waals surface area contributed by atoms with Crippen molar-refractivity contribution in [2.24, 2.45) is 0 Å². The van der Waals surface area contributed by atoms with Gasteiger partial charge in [0.05, 0.1) is 6.20 Å². The van der Waals surface area contributed by atoms with Gasteiger partial charge in [0.25, 0.3) is 0 Å². The molecule has 0 amide bonds. The molecule has 0 aliphatic carbocycles. The average Bonchev–Trinajstić information content (AvgIpc) is 2.46. The van der Waals surface area contributed by atoms with Crippen molar-refractivity contribution in [2.75, 3.05) is 23.7 Å². The van der Waals surface area contributed by atoms with Crippen LogP contribution in [0.2, 0.25) is 5.02 Å². The molecule has 2 aromatic rings. The minimum absolute atomic E-state index is 0.484. The van der Waals surface area contributed by atoms with E-state index in [9.17, 15) is 0 Å². The molecule has 2 rings (SSSR count). The molecule has 5 nitrogen and oxygen atoms in total. The van der Waals surface area contributed by atoms with Gasteiger partial charge in [-0.05, 0) is 24.1 Å². The highest BCUT2D eigenvalue weighted by Crippen LogP contribution is 2.11. The zero-order valence-electron chi connectivity index (χ0n) is 11.0. The highest BCUT2D eigenvalue weighted by atomic mass is 35.5. The molecule has 2 N–H and O–H groups in total. The highest BCUT2D eigenvalue weighted by molar-refractivity contribution is 6.30. The lowest BCUT2D eigenvalue weighted by atomic mass is 10.1. The van der Waals surface area contributed by atoms with Gasteiger partial charge in [-0.3, -0.25) is 0 Å². The van der Waals surface area contributed by atoms with Crippen LogP contribution in [0.15, 0.2) is 43.1 Å². The van der Waals surface area contributed by atoms with Gasteiger partial charge in [0.2, 0.25) is 5.95 Å². The lowest BCUT2D eigenvalue weighted by Gasteiger charge is -2.07. The molecule has 1 aromatic heterocycles. The van der Waals surface area contributed by atoms with Crippen molar-refractivity contribution in [3.63, 3.8) is 0 Å². The molecule has 0 bridgehead atoms. The molecule has 0 saturated carbocycles. The minimum atomic E-state index is 0.484. The van der Waals surface area contributed by atoms with E-state index in [0.29, 0.717) is 18.3 Å². The summed E-state index contributed by atoms with van der Waals surface area (Å²) in [5.74, 6) is 1.17. The molecule has 0 aliphatic heterocycles. The topological polar surface area (TPSA) is 62.7 Å². The van der Waals surface area contributed by atoms with Crippen molar-refractivity contribution in [1.29, 1.82) is 0 Å². The van der Waals surface area contributed by atoms with E-state index < -0.39 is 0 Å². The van der Waals surface area contributed by atoms with Crippen molar-refractivity contribution >= 4 is 23.4 Å². The molecule has 0 saturated heterocycles. The van der Waals surface area contributed by atoms with Crippen LogP contribution in [0.25, 0.3) is 0 Å². The number of aromatic nitrogens is 3. The van der Waals surface area contributed by atoms with Crippen LogP contribution in [0.3, 0.4) is 0 Å². The molecule has 20 heavy (non-hydrogen) atoms. The number of benzene rings is 1. The van der Waals surface area contributed by atoms with Crippen LogP contribution in [0.4, 0.5) is 11.8 Å². The van der Waals surface area contributed by atoms with Gasteiger partial charge in [-0.25, -0.2) is 0 Å². The van der Waals surface area contributed by atoms with Crippen molar-refractivity contribution in [3.05, 3.63) is 53.7 Å². The van der Waals surface area contributed by atoms with Gasteiger partial charge < -0.3 is 10.6 Å². The van der Waals surface area contributed by atoms with E-state index in [-0.39, 0.29) is 0 Å². The van der Waals surface area contributed by atoms with E-state index >= 15 is 0 Å². The van der Waals surface area contributed by atoms with Crippen LogP contribution >= 0.6 is 11.6 Å². The molecule has 0 spiro atoms. The van der Waals surface area contributed by atoms with Crippen LogP contribution in [0, 0.1) is 0 Å². The SMILES string of the molecule is C=CCNc1nncc(NCCc2cccc(Cl)c2)n1. The van der Waals surface area contributed by atoms with Gasteiger partial charge in [-0.1, -0.05) is 29.8 Å². The molecule has 1 aromatic carbocycles. The zero-order chi connectivity index (χ0) is 14.2. The smallest absolute Gasteiger partial charge is 0.244 e.